The molecule has 0 fully saturated rings. The maximum absolute atomic E-state index is 12.6. The summed E-state index contributed by atoms with van der Waals surface area (Å²) in [7, 11) is 0. The van der Waals surface area contributed by atoms with Gasteiger partial charge in [0.2, 0.25) is 5.91 Å². The van der Waals surface area contributed by atoms with E-state index >= 15 is 0 Å². The highest BCUT2D eigenvalue weighted by atomic mass is 35.5. The van der Waals surface area contributed by atoms with Gasteiger partial charge in [0.15, 0.2) is 16.7 Å². The number of carbonyl (C=O) groups excluding carboxylic acids is 1. The van der Waals surface area contributed by atoms with Crippen LogP contribution in [0.3, 0.4) is 0 Å². The van der Waals surface area contributed by atoms with Crippen molar-refractivity contribution in [3.05, 3.63) is 45.6 Å². The van der Waals surface area contributed by atoms with Crippen LogP contribution in [0.2, 0.25) is 15.1 Å². The largest absolute Gasteiger partial charge is 0.461 e. The molecule has 0 saturated carbocycles. The summed E-state index contributed by atoms with van der Waals surface area (Å²) < 4.78 is 7.28. The predicted molar refractivity (Wildman–Crippen MR) is 109 cm³/mol. The third kappa shape index (κ3) is 4.43. The average Bonchev–Trinajstić information content (AvgIpc) is 3.28. The van der Waals surface area contributed by atoms with Crippen LogP contribution in [0.1, 0.15) is 13.8 Å². The molecule has 2 heterocycles. The molecular weight excluding hydrogens is 431 g/mol. The smallest absolute Gasteiger partial charge is 0.237 e. The molecule has 0 aliphatic carbocycles. The summed E-state index contributed by atoms with van der Waals surface area (Å²) in [6, 6.07) is 6.61. The van der Waals surface area contributed by atoms with E-state index < -0.39 is 5.25 Å². The molecule has 1 unspecified atom stereocenters. The Kier molecular flexibility index (Phi) is 6.37. The molecule has 0 aliphatic heterocycles. The van der Waals surface area contributed by atoms with Crippen LogP contribution in [0.5, 0.6) is 0 Å². The minimum absolute atomic E-state index is 0.245. The number of amides is 1. The Balaban J connectivity index is 1.75. The Morgan fingerprint density at radius 1 is 1.26 bits per heavy atom. The van der Waals surface area contributed by atoms with E-state index in [1.54, 1.807) is 19.3 Å². The Morgan fingerprint density at radius 2 is 2.00 bits per heavy atom. The molecule has 1 N–H and O–H groups in total. The standard InChI is InChI=1S/C17H15Cl3N4O2S/c1-3-24-15(14-5-4-6-26-14)22-23-17(24)27-9(2)16(25)21-13-8-11(19)10(18)7-12(13)20/h4-9H,3H2,1-2H3,(H,21,25). The molecule has 2 aromatic heterocycles. The number of hydrogen-bond donors (Lipinski definition) is 1. The van der Waals surface area contributed by atoms with Crippen molar-refractivity contribution < 1.29 is 9.21 Å². The molecule has 142 valence electrons. The summed E-state index contributed by atoms with van der Waals surface area (Å²) >= 11 is 19.3. The lowest BCUT2D eigenvalue weighted by atomic mass is 10.3. The maximum atomic E-state index is 12.6. The minimum Gasteiger partial charge on any atom is -0.461 e. The van der Waals surface area contributed by atoms with Crippen molar-refractivity contribution in [1.82, 2.24) is 14.8 Å². The van der Waals surface area contributed by atoms with Crippen molar-refractivity contribution in [2.24, 2.45) is 0 Å². The van der Waals surface area contributed by atoms with Crippen molar-refractivity contribution >= 4 is 58.2 Å². The second kappa shape index (κ2) is 8.56. The first-order valence-corrected chi connectivity index (χ1v) is 10.0. The highest BCUT2D eigenvalue weighted by Crippen LogP contribution is 2.33. The van der Waals surface area contributed by atoms with E-state index in [9.17, 15) is 4.79 Å². The summed E-state index contributed by atoms with van der Waals surface area (Å²) in [6.45, 7) is 4.38. The van der Waals surface area contributed by atoms with Crippen molar-refractivity contribution in [3.8, 4) is 11.6 Å². The topological polar surface area (TPSA) is 73.0 Å². The van der Waals surface area contributed by atoms with Gasteiger partial charge in [-0.1, -0.05) is 46.6 Å². The Morgan fingerprint density at radius 3 is 2.67 bits per heavy atom. The third-order valence-corrected chi connectivity index (χ3v) is 5.81. The molecule has 3 rings (SSSR count). The second-order valence-electron chi connectivity index (χ2n) is 5.52. The number of rotatable bonds is 6. The molecule has 0 bridgehead atoms. The predicted octanol–water partition coefficient (Wildman–Crippen LogP) is 5.64. The Hall–Kier alpha value is -1.67. The number of nitrogens with one attached hydrogen (secondary N) is 1. The van der Waals surface area contributed by atoms with E-state index in [2.05, 4.69) is 15.5 Å². The fourth-order valence-electron chi connectivity index (χ4n) is 2.31. The summed E-state index contributed by atoms with van der Waals surface area (Å²) in [5.74, 6) is 0.992. The van der Waals surface area contributed by atoms with Gasteiger partial charge in [0.05, 0.1) is 32.3 Å². The summed E-state index contributed by atoms with van der Waals surface area (Å²) in [5, 5.41) is 12.2. The van der Waals surface area contributed by atoms with Gasteiger partial charge in [0.25, 0.3) is 0 Å². The molecule has 6 nitrogen and oxygen atoms in total. The van der Waals surface area contributed by atoms with Gasteiger partial charge in [-0.05, 0) is 38.1 Å². The van der Waals surface area contributed by atoms with E-state index in [1.165, 1.54) is 23.9 Å². The monoisotopic (exact) mass is 444 g/mol. The normalized spacial score (nSPS) is 12.2. The van der Waals surface area contributed by atoms with Crippen LogP contribution in [0.25, 0.3) is 11.6 Å². The fourth-order valence-corrected chi connectivity index (χ4v) is 3.82. The molecule has 1 aromatic carbocycles. The fraction of sp³-hybridized carbons (Fsp3) is 0.235. The van der Waals surface area contributed by atoms with Crippen molar-refractivity contribution in [3.63, 3.8) is 0 Å². The zero-order valence-electron chi connectivity index (χ0n) is 14.4. The zero-order chi connectivity index (χ0) is 19.6. The van der Waals surface area contributed by atoms with Gasteiger partial charge >= 0.3 is 0 Å². The van der Waals surface area contributed by atoms with Crippen molar-refractivity contribution in [2.45, 2.75) is 30.8 Å². The second-order valence-corrected chi connectivity index (χ2v) is 8.05. The lowest BCUT2D eigenvalue weighted by Crippen LogP contribution is -2.23. The maximum Gasteiger partial charge on any atom is 0.237 e. The number of thioether (sulfide) groups is 1. The first kappa shape index (κ1) is 20.1. The van der Waals surface area contributed by atoms with E-state index in [0.717, 1.165) is 0 Å². The van der Waals surface area contributed by atoms with Crippen molar-refractivity contribution in [2.75, 3.05) is 5.32 Å². The van der Waals surface area contributed by atoms with Gasteiger partial charge in [-0.25, -0.2) is 0 Å². The van der Waals surface area contributed by atoms with E-state index in [-0.39, 0.29) is 5.91 Å². The molecule has 1 atom stereocenters. The number of aromatic nitrogens is 3. The molecule has 3 aromatic rings. The highest BCUT2D eigenvalue weighted by Gasteiger charge is 2.22. The Labute approximate surface area is 175 Å². The van der Waals surface area contributed by atoms with Crippen LogP contribution in [0.4, 0.5) is 5.69 Å². The molecular formula is C17H15Cl3N4O2S. The third-order valence-electron chi connectivity index (χ3n) is 3.69. The molecule has 27 heavy (non-hydrogen) atoms. The van der Waals surface area contributed by atoms with E-state index in [1.807, 2.05) is 17.6 Å². The molecule has 0 spiro atoms. The van der Waals surface area contributed by atoms with Gasteiger partial charge in [0.1, 0.15) is 0 Å². The summed E-state index contributed by atoms with van der Waals surface area (Å²) in [4.78, 5) is 12.6. The number of halogens is 3. The number of carbonyl (C=O) groups is 1. The van der Waals surface area contributed by atoms with Crippen LogP contribution in [0.15, 0.2) is 40.1 Å². The quantitative estimate of drug-likeness (QED) is 0.393. The summed E-state index contributed by atoms with van der Waals surface area (Å²) in [5.41, 5.74) is 0.400. The van der Waals surface area contributed by atoms with Crippen LogP contribution in [-0.4, -0.2) is 25.9 Å². The van der Waals surface area contributed by atoms with Gasteiger partial charge in [-0.3, -0.25) is 9.36 Å². The average molecular weight is 446 g/mol. The number of nitrogens with zero attached hydrogens (tertiary/aromatic N) is 3. The number of furan rings is 1. The lowest BCUT2D eigenvalue weighted by Gasteiger charge is -2.14. The first-order valence-electron chi connectivity index (χ1n) is 7.99. The molecule has 0 radical (unpaired) electrons. The van der Waals surface area contributed by atoms with Gasteiger partial charge in [-0.15, -0.1) is 10.2 Å². The first-order chi connectivity index (χ1) is 12.9. The van der Waals surface area contributed by atoms with E-state index in [0.29, 0.717) is 44.0 Å². The van der Waals surface area contributed by atoms with Gasteiger partial charge in [0, 0.05) is 6.54 Å². The number of benzene rings is 1. The molecule has 0 saturated heterocycles. The van der Waals surface area contributed by atoms with Crippen LogP contribution >= 0.6 is 46.6 Å². The van der Waals surface area contributed by atoms with Crippen LogP contribution in [0, 0.1) is 0 Å². The zero-order valence-corrected chi connectivity index (χ0v) is 17.5. The number of anilines is 1. The lowest BCUT2D eigenvalue weighted by molar-refractivity contribution is -0.115. The molecule has 1 amide bonds. The molecule has 10 heteroatoms. The van der Waals surface area contributed by atoms with Gasteiger partial charge < -0.3 is 9.73 Å². The van der Waals surface area contributed by atoms with E-state index in [4.69, 9.17) is 39.2 Å². The number of hydrogen-bond acceptors (Lipinski definition) is 5. The minimum atomic E-state index is -0.450. The van der Waals surface area contributed by atoms with Crippen molar-refractivity contribution in [1.29, 1.82) is 0 Å². The Bertz CT molecular complexity index is 959. The van der Waals surface area contributed by atoms with Crippen LogP contribution in [-0.2, 0) is 11.3 Å². The SMILES string of the molecule is CCn1c(SC(C)C(=O)Nc2cc(Cl)c(Cl)cc2Cl)nnc1-c1ccco1. The summed E-state index contributed by atoms with van der Waals surface area (Å²) in [6.07, 6.45) is 1.58. The van der Waals surface area contributed by atoms with Crippen LogP contribution < -0.4 is 5.32 Å². The van der Waals surface area contributed by atoms with Gasteiger partial charge in [-0.2, -0.15) is 0 Å². The highest BCUT2D eigenvalue weighted by molar-refractivity contribution is 8.00. The molecule has 0 aliphatic rings.